The molecule has 3 aromatic heterocycles. The van der Waals surface area contributed by atoms with Gasteiger partial charge >= 0.3 is 0 Å². The number of anilines is 2. The average Bonchev–Trinajstić information content (AvgIpc) is 3.92. The van der Waals surface area contributed by atoms with Crippen molar-refractivity contribution in [1.82, 2.24) is 14.1 Å². The molecule has 1 aliphatic heterocycles. The van der Waals surface area contributed by atoms with Gasteiger partial charge < -0.3 is 14.2 Å². The number of rotatable bonds is 5. The highest BCUT2D eigenvalue weighted by molar-refractivity contribution is 6.22. The van der Waals surface area contributed by atoms with Crippen molar-refractivity contribution in [2.75, 3.05) is 4.90 Å². The first kappa shape index (κ1) is 44.3. The number of aromatic nitrogens is 3. The summed E-state index contributed by atoms with van der Waals surface area (Å²) < 4.78 is 11.8. The van der Waals surface area contributed by atoms with Crippen molar-refractivity contribution in [3.8, 4) is 28.4 Å². The molecule has 350 valence electrons. The van der Waals surface area contributed by atoms with Crippen LogP contribution in [-0.4, -0.2) is 14.1 Å². The van der Waals surface area contributed by atoms with Crippen LogP contribution >= 0.6 is 0 Å². The van der Waals surface area contributed by atoms with Gasteiger partial charge in [-0.3, -0.25) is 4.57 Å². The number of nitrogens with zero attached hydrogens (tertiary/aromatic N) is 4. The molecule has 5 nitrogen and oxygen atoms in total. The van der Waals surface area contributed by atoms with Gasteiger partial charge in [0.2, 0.25) is 0 Å². The number of hydrogen-bond donors (Lipinski definition) is 0. The second-order valence-corrected chi connectivity index (χ2v) is 22.5. The van der Waals surface area contributed by atoms with Crippen molar-refractivity contribution in [2.24, 2.45) is 0 Å². The van der Waals surface area contributed by atoms with E-state index in [0.29, 0.717) is 6.67 Å². The van der Waals surface area contributed by atoms with E-state index in [1.807, 2.05) is 6.20 Å². The second kappa shape index (κ2) is 16.3. The zero-order chi connectivity index (χ0) is 49.0. The molecule has 0 amide bonds. The molecule has 0 aliphatic carbocycles. The predicted molar refractivity (Wildman–Crippen MR) is 301 cm³/mol. The summed E-state index contributed by atoms with van der Waals surface area (Å²) in [6, 6.07) is 66.9. The summed E-state index contributed by atoms with van der Waals surface area (Å²) in [7, 11) is 0. The molecule has 0 fully saturated rings. The third-order valence-electron chi connectivity index (χ3n) is 14.7. The van der Waals surface area contributed by atoms with Crippen molar-refractivity contribution < 1.29 is 4.74 Å². The Balaban J connectivity index is 1.06. The molecule has 71 heavy (non-hydrogen) atoms. The fourth-order valence-corrected chi connectivity index (χ4v) is 10.9. The van der Waals surface area contributed by atoms with Crippen LogP contribution in [0.4, 0.5) is 11.4 Å². The number of benzene rings is 8. The summed E-state index contributed by atoms with van der Waals surface area (Å²) in [5, 5.41) is 9.64. The highest BCUT2D eigenvalue weighted by Gasteiger charge is 2.27. The van der Waals surface area contributed by atoms with Crippen molar-refractivity contribution in [3.05, 3.63) is 205 Å². The molecule has 0 saturated carbocycles. The quantitative estimate of drug-likeness (QED) is 0.173. The second-order valence-electron chi connectivity index (χ2n) is 22.5. The molecule has 0 N–H and O–H groups in total. The van der Waals surface area contributed by atoms with Crippen LogP contribution in [0.15, 0.2) is 188 Å². The van der Waals surface area contributed by atoms with Crippen molar-refractivity contribution in [2.45, 2.75) is 85.2 Å². The Morgan fingerprint density at radius 2 is 0.972 bits per heavy atom. The maximum atomic E-state index is 6.91. The summed E-state index contributed by atoms with van der Waals surface area (Å²) in [4.78, 5) is 7.39. The molecular formula is C66H60N4O. The molecule has 0 spiro atoms. The number of ether oxygens (including phenoxy) is 1. The zero-order valence-electron chi connectivity index (χ0n) is 42.3. The lowest BCUT2D eigenvalue weighted by atomic mass is 9.78. The Morgan fingerprint density at radius 1 is 0.423 bits per heavy atom. The van der Waals surface area contributed by atoms with E-state index in [2.05, 4.69) is 258 Å². The molecule has 0 bridgehead atoms. The molecule has 0 atom stereocenters. The topological polar surface area (TPSA) is 35.2 Å². The molecule has 0 saturated heterocycles. The van der Waals surface area contributed by atoms with Crippen LogP contribution in [0.2, 0.25) is 0 Å². The number of hydrogen-bond acceptors (Lipinski definition) is 3. The van der Waals surface area contributed by atoms with E-state index in [9.17, 15) is 0 Å². The first-order valence-corrected chi connectivity index (χ1v) is 25.0. The van der Waals surface area contributed by atoms with Crippen molar-refractivity contribution >= 4 is 76.5 Å². The van der Waals surface area contributed by atoms with Crippen LogP contribution < -0.4 is 9.64 Å². The molecule has 5 heteroatoms. The van der Waals surface area contributed by atoms with E-state index in [0.717, 1.165) is 45.1 Å². The summed E-state index contributed by atoms with van der Waals surface area (Å²) in [5.41, 5.74) is 13.0. The number of para-hydroxylation sites is 3. The molecule has 0 unspecified atom stereocenters. The number of pyridine rings is 1. The molecule has 1 aliphatic rings. The Kier molecular flexibility index (Phi) is 10.2. The van der Waals surface area contributed by atoms with Gasteiger partial charge in [0.15, 0.2) is 0 Å². The van der Waals surface area contributed by atoms with E-state index in [1.165, 1.54) is 76.6 Å². The van der Waals surface area contributed by atoms with Gasteiger partial charge in [0.25, 0.3) is 0 Å². The third kappa shape index (κ3) is 7.58. The minimum absolute atomic E-state index is 0.0184. The van der Waals surface area contributed by atoms with Crippen LogP contribution in [-0.2, 0) is 22.9 Å². The van der Waals surface area contributed by atoms with Crippen LogP contribution in [0.1, 0.15) is 79.0 Å². The maximum Gasteiger partial charge on any atom is 0.137 e. The summed E-state index contributed by atoms with van der Waals surface area (Å²) in [6.07, 6.45) is 1.93. The fourth-order valence-electron chi connectivity index (χ4n) is 10.9. The maximum absolute atomic E-state index is 6.91. The lowest BCUT2D eigenvalue weighted by Gasteiger charge is -2.27. The van der Waals surface area contributed by atoms with Gasteiger partial charge in [-0.2, -0.15) is 0 Å². The molecular weight excluding hydrogens is 865 g/mol. The van der Waals surface area contributed by atoms with Crippen molar-refractivity contribution in [3.63, 3.8) is 0 Å². The Hall–Kier alpha value is -7.89. The minimum atomic E-state index is -0.0400. The molecule has 12 rings (SSSR count). The van der Waals surface area contributed by atoms with Gasteiger partial charge in [0.05, 0.1) is 27.8 Å². The van der Waals surface area contributed by atoms with E-state index >= 15 is 0 Å². The van der Waals surface area contributed by atoms with Gasteiger partial charge in [0, 0.05) is 51.1 Å². The lowest BCUT2D eigenvalue weighted by molar-refractivity contribution is 0.483. The van der Waals surface area contributed by atoms with Gasteiger partial charge in [-0.1, -0.05) is 184 Å². The van der Waals surface area contributed by atoms with Crippen LogP contribution in [0, 0.1) is 0 Å². The largest absolute Gasteiger partial charge is 0.457 e. The third-order valence-corrected chi connectivity index (χ3v) is 14.7. The molecule has 11 aromatic rings. The van der Waals surface area contributed by atoms with Gasteiger partial charge in [-0.15, -0.1) is 0 Å². The highest BCUT2D eigenvalue weighted by atomic mass is 16.5. The highest BCUT2D eigenvalue weighted by Crippen LogP contribution is 2.46. The normalized spacial score (nSPS) is 13.1. The van der Waals surface area contributed by atoms with Gasteiger partial charge in [-0.25, -0.2) is 4.98 Å². The average molecular weight is 925 g/mol. The molecule has 4 heterocycles. The van der Waals surface area contributed by atoms with Crippen LogP contribution in [0.5, 0.6) is 11.5 Å². The Bertz CT molecular complexity index is 3980. The van der Waals surface area contributed by atoms with Crippen LogP contribution in [0.25, 0.3) is 82.1 Å². The monoisotopic (exact) mass is 924 g/mol. The summed E-state index contributed by atoms with van der Waals surface area (Å²) in [5.74, 6) is 2.43. The predicted octanol–water partition coefficient (Wildman–Crippen LogP) is 18.2. The zero-order valence-corrected chi connectivity index (χ0v) is 42.3. The summed E-state index contributed by atoms with van der Waals surface area (Å²) >= 11 is 0. The van der Waals surface area contributed by atoms with E-state index in [4.69, 9.17) is 9.72 Å². The van der Waals surface area contributed by atoms with Crippen LogP contribution in [0.3, 0.4) is 0 Å². The first-order chi connectivity index (χ1) is 34.1. The van der Waals surface area contributed by atoms with E-state index in [1.54, 1.807) is 0 Å². The van der Waals surface area contributed by atoms with E-state index < -0.39 is 0 Å². The molecule has 8 aromatic carbocycles. The lowest BCUT2D eigenvalue weighted by Crippen LogP contribution is -2.17. The standard InChI is InChI=1S/C66H60N4O/c1-64(2,3)43-33-34-67-61(38-43)70-58-29-15-14-25-54(58)55-32-31-48(40-60(55)70)71-47-20-16-19-46(39-47)68-41-69-62-49(42-35-44(65(4,5)6)37-45(36-42)66(7,8)9)26-17-27-56(62)52-23-12-10-21-50(52)51-22-11-13-24-53(51)57-28-18-30-59(68)63(57)69/h10-40H,41H2,1-9H3. The first-order valence-electron chi connectivity index (χ1n) is 25.0. The number of fused-ring (bicyclic) bond motifs is 10. The Labute approximate surface area is 416 Å². The minimum Gasteiger partial charge on any atom is -0.457 e. The smallest absolute Gasteiger partial charge is 0.137 e. The summed E-state index contributed by atoms with van der Waals surface area (Å²) in [6.45, 7) is 21.3. The fraction of sp³-hybridized carbons (Fsp3) is 0.197. The molecule has 0 radical (unpaired) electrons. The Morgan fingerprint density at radius 3 is 1.63 bits per heavy atom. The van der Waals surface area contributed by atoms with Crippen molar-refractivity contribution in [1.29, 1.82) is 0 Å². The van der Waals surface area contributed by atoms with E-state index in [-0.39, 0.29) is 16.2 Å². The van der Waals surface area contributed by atoms with Gasteiger partial charge in [-0.05, 0) is 109 Å². The SMILES string of the molecule is CC(C)(C)c1cc(-c2cccc3c4ccccc4c4ccccc4c4cccc5c4n(c23)CN5c2cccc(Oc3ccc4c5ccccc5n(-c5cc(C(C)(C)C)ccn5)c4c3)c2)cc(C(C)(C)C)c1. The van der Waals surface area contributed by atoms with Gasteiger partial charge in [0.1, 0.15) is 24.0 Å².